The number of amides is 1. The molecule has 0 aromatic carbocycles. The molecule has 0 aromatic rings. The van der Waals surface area contributed by atoms with Gasteiger partial charge in [0, 0.05) is 32.3 Å². The summed E-state index contributed by atoms with van der Waals surface area (Å²) < 4.78 is 0. The molecular formula is C11H20N2O. The van der Waals surface area contributed by atoms with Crippen molar-refractivity contribution in [2.75, 3.05) is 20.1 Å². The zero-order valence-corrected chi connectivity index (χ0v) is 9.42. The summed E-state index contributed by atoms with van der Waals surface area (Å²) in [7, 11) is 1.97. The molecule has 0 spiro atoms. The molecule has 1 unspecified atom stereocenters. The van der Waals surface area contributed by atoms with Crippen molar-refractivity contribution in [1.29, 1.82) is 0 Å². The van der Waals surface area contributed by atoms with Crippen molar-refractivity contribution in [3.8, 4) is 0 Å². The van der Waals surface area contributed by atoms with Crippen LogP contribution < -0.4 is 0 Å². The highest BCUT2D eigenvalue weighted by molar-refractivity contribution is 5.82. The van der Waals surface area contributed by atoms with Gasteiger partial charge in [0.15, 0.2) is 0 Å². The molecule has 0 radical (unpaired) electrons. The quantitative estimate of drug-likeness (QED) is 0.667. The molecule has 0 N–H and O–H groups in total. The van der Waals surface area contributed by atoms with E-state index in [9.17, 15) is 4.79 Å². The third-order valence-corrected chi connectivity index (χ3v) is 3.00. The number of hydrogen-bond acceptors (Lipinski definition) is 2. The Morgan fingerprint density at radius 3 is 2.64 bits per heavy atom. The lowest BCUT2D eigenvalue weighted by Gasteiger charge is -2.28. The van der Waals surface area contributed by atoms with Gasteiger partial charge >= 0.3 is 0 Å². The Kier molecular flexibility index (Phi) is 3.55. The minimum atomic E-state index is -0.00931. The standard InChI is InChI=1S/C11H20N2O/c1-5-10-11(14)13(6-2)8-7-9(3)12(10)4/h10H,3,5-8H2,1-2,4H3. The molecule has 14 heavy (non-hydrogen) atoms. The first-order chi connectivity index (χ1) is 6.61. The summed E-state index contributed by atoms with van der Waals surface area (Å²) in [6.45, 7) is 9.69. The fourth-order valence-corrected chi connectivity index (χ4v) is 1.91. The van der Waals surface area contributed by atoms with E-state index in [1.165, 1.54) is 0 Å². The van der Waals surface area contributed by atoms with E-state index in [1.54, 1.807) is 0 Å². The van der Waals surface area contributed by atoms with Crippen molar-refractivity contribution in [1.82, 2.24) is 9.80 Å². The Morgan fingerprint density at radius 1 is 1.50 bits per heavy atom. The summed E-state index contributed by atoms with van der Waals surface area (Å²) in [6, 6.07) is -0.00931. The predicted molar refractivity (Wildman–Crippen MR) is 57.9 cm³/mol. The summed E-state index contributed by atoms with van der Waals surface area (Å²) in [5.74, 6) is 0.246. The second kappa shape index (κ2) is 4.49. The van der Waals surface area contributed by atoms with Crippen LogP contribution in [0.25, 0.3) is 0 Å². The smallest absolute Gasteiger partial charge is 0.245 e. The van der Waals surface area contributed by atoms with Crippen molar-refractivity contribution < 1.29 is 4.79 Å². The molecule has 1 aliphatic rings. The molecule has 3 heteroatoms. The second-order valence-corrected chi connectivity index (χ2v) is 3.77. The van der Waals surface area contributed by atoms with Gasteiger partial charge in [0.05, 0.1) is 0 Å². The average Bonchev–Trinajstić information content (AvgIpc) is 2.27. The maximum atomic E-state index is 12.0. The fourth-order valence-electron chi connectivity index (χ4n) is 1.91. The van der Waals surface area contributed by atoms with Gasteiger partial charge in [-0.2, -0.15) is 0 Å². The van der Waals surface area contributed by atoms with E-state index in [0.717, 1.165) is 31.6 Å². The molecule has 1 fully saturated rings. The third-order valence-electron chi connectivity index (χ3n) is 3.00. The number of nitrogens with zero attached hydrogens (tertiary/aromatic N) is 2. The maximum Gasteiger partial charge on any atom is 0.245 e. The Balaban J connectivity index is 2.87. The second-order valence-electron chi connectivity index (χ2n) is 3.77. The highest BCUT2D eigenvalue weighted by atomic mass is 16.2. The summed E-state index contributed by atoms with van der Waals surface area (Å²) in [4.78, 5) is 16.0. The number of hydrogen-bond donors (Lipinski definition) is 0. The van der Waals surface area contributed by atoms with E-state index in [4.69, 9.17) is 0 Å². The Labute approximate surface area is 86.4 Å². The van der Waals surface area contributed by atoms with Crippen LogP contribution in [0.1, 0.15) is 26.7 Å². The fraction of sp³-hybridized carbons (Fsp3) is 0.727. The van der Waals surface area contributed by atoms with Crippen LogP contribution in [0.2, 0.25) is 0 Å². The van der Waals surface area contributed by atoms with Gasteiger partial charge in [-0.05, 0) is 13.3 Å². The normalized spacial score (nSPS) is 24.1. The van der Waals surface area contributed by atoms with Crippen LogP contribution in [-0.2, 0) is 4.79 Å². The van der Waals surface area contributed by atoms with Crippen molar-refractivity contribution in [3.05, 3.63) is 12.3 Å². The molecule has 1 heterocycles. The largest absolute Gasteiger partial charge is 0.366 e. The molecule has 1 atom stereocenters. The number of carbonyl (C=O) groups excluding carboxylic acids is 1. The first-order valence-electron chi connectivity index (χ1n) is 5.31. The SMILES string of the molecule is C=C1CCN(CC)C(=O)C(CC)N1C. The van der Waals surface area contributed by atoms with Crippen molar-refractivity contribution in [2.45, 2.75) is 32.7 Å². The Morgan fingerprint density at radius 2 is 2.14 bits per heavy atom. The maximum absolute atomic E-state index is 12.0. The van der Waals surface area contributed by atoms with E-state index < -0.39 is 0 Å². The molecule has 1 amide bonds. The van der Waals surface area contributed by atoms with Crippen LogP contribution >= 0.6 is 0 Å². The predicted octanol–water partition coefficient (Wildman–Crippen LogP) is 1.46. The average molecular weight is 196 g/mol. The van der Waals surface area contributed by atoms with Gasteiger partial charge in [0.25, 0.3) is 0 Å². The number of carbonyl (C=O) groups is 1. The summed E-state index contributed by atoms with van der Waals surface area (Å²) >= 11 is 0. The molecular weight excluding hydrogens is 176 g/mol. The van der Waals surface area contributed by atoms with Crippen LogP contribution in [0.5, 0.6) is 0 Å². The van der Waals surface area contributed by atoms with E-state index in [2.05, 4.69) is 6.58 Å². The van der Waals surface area contributed by atoms with E-state index in [0.29, 0.717) is 0 Å². The van der Waals surface area contributed by atoms with Crippen LogP contribution in [-0.4, -0.2) is 41.9 Å². The Hall–Kier alpha value is -0.990. The zero-order valence-electron chi connectivity index (χ0n) is 9.42. The minimum absolute atomic E-state index is 0.00931. The Bertz CT molecular complexity index is 237. The van der Waals surface area contributed by atoms with Gasteiger partial charge in [-0.15, -0.1) is 0 Å². The van der Waals surface area contributed by atoms with Crippen LogP contribution in [0.15, 0.2) is 12.3 Å². The van der Waals surface area contributed by atoms with Gasteiger partial charge in [-0.25, -0.2) is 0 Å². The zero-order chi connectivity index (χ0) is 10.7. The van der Waals surface area contributed by atoms with Crippen molar-refractivity contribution >= 4 is 5.91 Å². The van der Waals surface area contributed by atoms with Crippen LogP contribution in [0, 0.1) is 0 Å². The molecule has 80 valence electrons. The third kappa shape index (κ3) is 1.91. The van der Waals surface area contributed by atoms with Crippen molar-refractivity contribution in [3.63, 3.8) is 0 Å². The lowest BCUT2D eigenvalue weighted by atomic mass is 10.1. The minimum Gasteiger partial charge on any atom is -0.366 e. The van der Waals surface area contributed by atoms with Crippen molar-refractivity contribution in [2.24, 2.45) is 0 Å². The first-order valence-corrected chi connectivity index (χ1v) is 5.31. The van der Waals surface area contributed by atoms with E-state index >= 15 is 0 Å². The lowest BCUT2D eigenvalue weighted by Crippen LogP contribution is -2.43. The van der Waals surface area contributed by atoms with Gasteiger partial charge < -0.3 is 9.80 Å². The van der Waals surface area contributed by atoms with Gasteiger partial charge in [0.2, 0.25) is 5.91 Å². The van der Waals surface area contributed by atoms with E-state index in [-0.39, 0.29) is 11.9 Å². The summed E-state index contributed by atoms with van der Waals surface area (Å²) in [6.07, 6.45) is 1.75. The molecule has 0 bridgehead atoms. The number of rotatable bonds is 2. The monoisotopic (exact) mass is 196 g/mol. The molecule has 1 aliphatic heterocycles. The molecule has 0 aliphatic carbocycles. The van der Waals surface area contributed by atoms with E-state index in [1.807, 2.05) is 30.7 Å². The van der Waals surface area contributed by atoms with Gasteiger partial charge in [-0.1, -0.05) is 13.5 Å². The van der Waals surface area contributed by atoms with Crippen LogP contribution in [0.4, 0.5) is 0 Å². The molecule has 1 rings (SSSR count). The molecule has 3 nitrogen and oxygen atoms in total. The molecule has 0 saturated carbocycles. The topological polar surface area (TPSA) is 23.6 Å². The summed E-state index contributed by atoms with van der Waals surface area (Å²) in [5.41, 5.74) is 1.07. The number of likely N-dealkylation sites (N-methyl/N-ethyl adjacent to an activating group) is 2. The highest BCUT2D eigenvalue weighted by Crippen LogP contribution is 2.18. The van der Waals surface area contributed by atoms with Gasteiger partial charge in [0.1, 0.15) is 6.04 Å². The molecule has 0 aromatic heterocycles. The highest BCUT2D eigenvalue weighted by Gasteiger charge is 2.29. The van der Waals surface area contributed by atoms with Crippen LogP contribution in [0.3, 0.4) is 0 Å². The first kappa shape index (κ1) is 11.1. The van der Waals surface area contributed by atoms with Gasteiger partial charge in [-0.3, -0.25) is 4.79 Å². The summed E-state index contributed by atoms with van der Waals surface area (Å²) in [5, 5.41) is 0. The lowest BCUT2D eigenvalue weighted by molar-refractivity contribution is -0.134. The molecule has 1 saturated heterocycles.